The summed E-state index contributed by atoms with van der Waals surface area (Å²) >= 11 is 0. The van der Waals surface area contributed by atoms with Crippen LogP contribution in [0, 0.1) is 11.3 Å². The number of methoxy groups -OCH3 is 1. The largest absolute Gasteiger partial charge is 0.465 e. The Morgan fingerprint density at radius 1 is 1.13 bits per heavy atom. The molecule has 0 spiro atoms. The molecule has 2 aromatic heterocycles. The number of carbonyl (C=O) groups is 2. The van der Waals surface area contributed by atoms with Crippen LogP contribution in [0.15, 0.2) is 54.9 Å². The topological polar surface area (TPSA) is 117 Å². The number of hydrogen-bond acceptors (Lipinski definition) is 8. The van der Waals surface area contributed by atoms with Crippen LogP contribution < -0.4 is 5.32 Å². The Labute approximate surface area is 228 Å². The molecule has 1 atom stereocenters. The summed E-state index contributed by atoms with van der Waals surface area (Å²) in [5, 5.41) is 12.2. The van der Waals surface area contributed by atoms with Crippen molar-refractivity contribution in [2.24, 2.45) is 0 Å². The minimum absolute atomic E-state index is 0.0486. The third-order valence-corrected chi connectivity index (χ3v) is 6.50. The number of nitriles is 1. The molecule has 0 fully saturated rings. The zero-order chi connectivity index (χ0) is 28.0. The Bertz CT molecular complexity index is 1390. The third-order valence-electron chi connectivity index (χ3n) is 6.50. The van der Waals surface area contributed by atoms with Crippen LogP contribution in [0.5, 0.6) is 0 Å². The number of ether oxygens (including phenoxy) is 2. The fraction of sp³-hybridized carbons (Fsp3) is 0.367. The predicted octanol–water partition coefficient (Wildman–Crippen LogP) is 5.56. The first-order valence-corrected chi connectivity index (χ1v) is 12.9. The molecule has 1 amide bonds. The maximum atomic E-state index is 12.7. The number of esters is 1. The molecular weight excluding hydrogens is 494 g/mol. The van der Waals surface area contributed by atoms with Crippen LogP contribution in [0.2, 0.25) is 0 Å². The molecule has 4 rings (SSSR count). The van der Waals surface area contributed by atoms with Gasteiger partial charge in [0.05, 0.1) is 47.4 Å². The highest BCUT2D eigenvalue weighted by molar-refractivity contribution is 5.91. The molecule has 202 valence electrons. The number of fused-ring (bicyclic) bond motifs is 1. The van der Waals surface area contributed by atoms with Crippen LogP contribution in [-0.2, 0) is 29.0 Å². The number of pyridine rings is 2. The van der Waals surface area contributed by atoms with E-state index >= 15 is 0 Å². The van der Waals surface area contributed by atoms with Crippen LogP contribution >= 0.6 is 0 Å². The number of rotatable bonds is 7. The van der Waals surface area contributed by atoms with Crippen LogP contribution in [0.25, 0.3) is 0 Å². The summed E-state index contributed by atoms with van der Waals surface area (Å²) in [7, 11) is 1.33. The molecule has 0 saturated carbocycles. The maximum Gasteiger partial charge on any atom is 0.412 e. The van der Waals surface area contributed by atoms with E-state index in [9.17, 15) is 14.9 Å². The number of aryl methyl sites for hydroxylation is 1. The molecule has 1 N–H and O–H groups in total. The second-order valence-corrected chi connectivity index (χ2v) is 10.5. The quantitative estimate of drug-likeness (QED) is 0.397. The van der Waals surface area contributed by atoms with E-state index in [0.717, 1.165) is 30.5 Å². The molecule has 0 bridgehead atoms. The minimum atomic E-state index is -0.643. The number of benzene rings is 1. The highest BCUT2D eigenvalue weighted by Gasteiger charge is 2.30. The van der Waals surface area contributed by atoms with E-state index in [1.54, 1.807) is 42.7 Å². The molecule has 9 heteroatoms. The highest BCUT2D eigenvalue weighted by atomic mass is 16.6. The summed E-state index contributed by atoms with van der Waals surface area (Å²) in [6, 6.07) is 14.7. The summed E-state index contributed by atoms with van der Waals surface area (Å²) in [6.45, 7) is 6.17. The molecule has 9 nitrogen and oxygen atoms in total. The number of nitrogens with one attached hydrogen (secondary N) is 1. The van der Waals surface area contributed by atoms with Gasteiger partial charge in [0.1, 0.15) is 5.60 Å². The molecule has 2 heterocycles. The van der Waals surface area contributed by atoms with Gasteiger partial charge >= 0.3 is 12.1 Å². The van der Waals surface area contributed by atoms with E-state index in [1.807, 2.05) is 26.8 Å². The van der Waals surface area contributed by atoms with E-state index in [0.29, 0.717) is 35.6 Å². The number of hydrogen-bond donors (Lipinski definition) is 1. The van der Waals surface area contributed by atoms with Gasteiger partial charge in [0.15, 0.2) is 0 Å². The molecule has 0 saturated heterocycles. The Kier molecular flexibility index (Phi) is 8.57. The standard InChI is InChI=1S/C30H33N5O4/c1-30(2,3)39-29(37)34-24-10-7-14-32-25(24)19-35(26-11-5-8-21-9-6-15-33-27(21)26)18-22-13-12-20(17-31)16-23(22)28(36)38-4/h6-7,9-10,12-16,26H,5,8,11,18-19H2,1-4H3,(H,34,37). The van der Waals surface area contributed by atoms with E-state index < -0.39 is 17.7 Å². The van der Waals surface area contributed by atoms with Crippen LogP contribution in [0.1, 0.15) is 78.1 Å². The molecular formula is C30H33N5O4. The maximum absolute atomic E-state index is 12.7. The number of carbonyl (C=O) groups excluding carboxylic acids is 2. The summed E-state index contributed by atoms with van der Waals surface area (Å²) in [6.07, 6.45) is 5.73. The first kappa shape index (κ1) is 27.7. The molecule has 1 unspecified atom stereocenters. The van der Waals surface area contributed by atoms with E-state index in [1.165, 1.54) is 12.7 Å². The van der Waals surface area contributed by atoms with Gasteiger partial charge < -0.3 is 9.47 Å². The lowest BCUT2D eigenvalue weighted by Crippen LogP contribution is -2.33. The summed E-state index contributed by atoms with van der Waals surface area (Å²) in [5.74, 6) is -0.505. The normalized spacial score (nSPS) is 14.7. The van der Waals surface area contributed by atoms with Gasteiger partial charge in [-0.3, -0.25) is 20.2 Å². The molecule has 3 aromatic rings. The fourth-order valence-corrected chi connectivity index (χ4v) is 4.80. The first-order chi connectivity index (χ1) is 18.7. The van der Waals surface area contributed by atoms with Gasteiger partial charge in [-0.25, -0.2) is 9.59 Å². The summed E-state index contributed by atoms with van der Waals surface area (Å²) in [4.78, 5) is 36.8. The lowest BCUT2D eigenvalue weighted by atomic mass is 9.90. The Balaban J connectivity index is 1.73. The van der Waals surface area contributed by atoms with Gasteiger partial charge in [0, 0.05) is 25.5 Å². The molecule has 39 heavy (non-hydrogen) atoms. The van der Waals surface area contributed by atoms with Crippen molar-refractivity contribution in [3.63, 3.8) is 0 Å². The predicted molar refractivity (Wildman–Crippen MR) is 146 cm³/mol. The monoisotopic (exact) mass is 527 g/mol. The number of aromatic nitrogens is 2. The second-order valence-electron chi connectivity index (χ2n) is 10.5. The summed E-state index contributed by atoms with van der Waals surface area (Å²) in [5.41, 5.74) is 4.18. The van der Waals surface area contributed by atoms with Gasteiger partial charge in [0.2, 0.25) is 0 Å². The van der Waals surface area contributed by atoms with Crippen LogP contribution in [-0.4, -0.2) is 39.6 Å². The van der Waals surface area contributed by atoms with E-state index in [4.69, 9.17) is 14.5 Å². The van der Waals surface area contributed by atoms with Gasteiger partial charge in [0.25, 0.3) is 0 Å². The van der Waals surface area contributed by atoms with Crippen molar-refractivity contribution in [1.82, 2.24) is 14.9 Å². The summed E-state index contributed by atoms with van der Waals surface area (Å²) < 4.78 is 10.5. The zero-order valence-electron chi connectivity index (χ0n) is 22.7. The molecule has 1 aliphatic carbocycles. The smallest absolute Gasteiger partial charge is 0.412 e. The van der Waals surface area contributed by atoms with Gasteiger partial charge in [-0.2, -0.15) is 5.26 Å². The lowest BCUT2D eigenvalue weighted by Gasteiger charge is -2.35. The minimum Gasteiger partial charge on any atom is -0.465 e. The molecule has 0 radical (unpaired) electrons. The Hall–Kier alpha value is -4.29. The van der Waals surface area contributed by atoms with E-state index in [-0.39, 0.29) is 6.04 Å². The molecule has 1 aromatic carbocycles. The Morgan fingerprint density at radius 3 is 2.64 bits per heavy atom. The Morgan fingerprint density at radius 2 is 1.90 bits per heavy atom. The van der Waals surface area contributed by atoms with Crippen molar-refractivity contribution in [1.29, 1.82) is 5.26 Å². The number of anilines is 1. The average Bonchev–Trinajstić information content (AvgIpc) is 2.92. The van der Waals surface area contributed by atoms with Crippen molar-refractivity contribution >= 4 is 17.7 Å². The fourth-order valence-electron chi connectivity index (χ4n) is 4.80. The zero-order valence-corrected chi connectivity index (χ0v) is 22.7. The first-order valence-electron chi connectivity index (χ1n) is 12.9. The number of nitrogens with zero attached hydrogens (tertiary/aromatic N) is 4. The van der Waals surface area contributed by atoms with Crippen molar-refractivity contribution < 1.29 is 19.1 Å². The third kappa shape index (κ3) is 6.98. The highest BCUT2D eigenvalue weighted by Crippen LogP contribution is 2.36. The van der Waals surface area contributed by atoms with Crippen molar-refractivity contribution in [3.05, 3.63) is 88.5 Å². The van der Waals surface area contributed by atoms with Crippen LogP contribution in [0.3, 0.4) is 0 Å². The second kappa shape index (κ2) is 12.0. The van der Waals surface area contributed by atoms with Gasteiger partial charge in [-0.05, 0) is 81.5 Å². The molecule has 1 aliphatic rings. The SMILES string of the molecule is COC(=O)c1cc(C#N)ccc1CN(Cc1ncccc1NC(=O)OC(C)(C)C)C1CCCc2cccnc21. The van der Waals surface area contributed by atoms with Crippen molar-refractivity contribution in [2.75, 3.05) is 12.4 Å². The van der Waals surface area contributed by atoms with Gasteiger partial charge in [-0.15, -0.1) is 0 Å². The number of amides is 1. The van der Waals surface area contributed by atoms with Crippen LogP contribution in [0.4, 0.5) is 10.5 Å². The van der Waals surface area contributed by atoms with Crippen molar-refractivity contribution in [3.8, 4) is 6.07 Å². The van der Waals surface area contributed by atoms with Crippen molar-refractivity contribution in [2.45, 2.75) is 64.8 Å². The molecule has 0 aliphatic heterocycles. The lowest BCUT2D eigenvalue weighted by molar-refractivity contribution is 0.0593. The van der Waals surface area contributed by atoms with E-state index in [2.05, 4.69) is 27.3 Å². The van der Waals surface area contributed by atoms with Gasteiger partial charge in [-0.1, -0.05) is 12.1 Å². The average molecular weight is 528 g/mol.